The van der Waals surface area contributed by atoms with E-state index in [1.165, 1.54) is 25.1 Å². The Morgan fingerprint density at radius 3 is 2.60 bits per heavy atom. The van der Waals surface area contributed by atoms with Gasteiger partial charge in [-0.25, -0.2) is 4.79 Å². The van der Waals surface area contributed by atoms with Crippen LogP contribution in [-0.4, -0.2) is 18.0 Å². The van der Waals surface area contributed by atoms with E-state index in [4.69, 9.17) is 4.74 Å². The Morgan fingerprint density at radius 1 is 1.36 bits per heavy atom. The van der Waals surface area contributed by atoms with Crippen LogP contribution in [0.15, 0.2) is 35.5 Å². The predicted octanol–water partition coefficient (Wildman–Crippen LogP) is 3.92. The van der Waals surface area contributed by atoms with Crippen molar-refractivity contribution in [3.8, 4) is 0 Å². The zero-order chi connectivity index (χ0) is 18.8. The van der Waals surface area contributed by atoms with Crippen LogP contribution in [0.3, 0.4) is 0 Å². The van der Waals surface area contributed by atoms with Crippen LogP contribution in [0.1, 0.15) is 50.7 Å². The number of rotatable bonds is 4. The molecule has 1 aromatic rings. The summed E-state index contributed by atoms with van der Waals surface area (Å²) < 4.78 is 45.4. The lowest BCUT2D eigenvalue weighted by Gasteiger charge is -2.29. The van der Waals surface area contributed by atoms with Crippen LogP contribution in [0.5, 0.6) is 0 Å². The molecule has 1 aliphatic rings. The normalized spacial score (nSPS) is 19.4. The van der Waals surface area contributed by atoms with Crippen LogP contribution in [0.25, 0.3) is 0 Å². The molecule has 0 bridgehead atoms. The number of ether oxygens (including phenoxy) is 1. The highest BCUT2D eigenvalue weighted by atomic mass is 19.4. The van der Waals surface area contributed by atoms with E-state index in [1.807, 2.05) is 6.92 Å². The Hall–Kier alpha value is -2.31. The highest BCUT2D eigenvalue weighted by molar-refractivity contribution is 5.96. The lowest BCUT2D eigenvalue weighted by atomic mass is 9.82. The van der Waals surface area contributed by atoms with Gasteiger partial charge in [-0.05, 0) is 31.9 Å². The summed E-state index contributed by atoms with van der Waals surface area (Å²) in [6.45, 7) is 5.03. The van der Waals surface area contributed by atoms with Gasteiger partial charge in [0.2, 0.25) is 5.91 Å². The van der Waals surface area contributed by atoms with Gasteiger partial charge in [0.15, 0.2) is 0 Å². The van der Waals surface area contributed by atoms with Gasteiger partial charge in [-0.1, -0.05) is 25.1 Å². The number of allylic oxidation sites excluding steroid dienone is 1. The standard InChI is InChI=1S/C18H20F3NO3/c1-4-10(2)25-17(24)16-11(3)22-15(23)9-13(16)12-7-5-6-8-14(12)18(19,20)21/h5-8,10,13H,4,9H2,1-3H3,(H,22,23)/t10-,13-/m1/s1. The molecule has 0 saturated carbocycles. The molecular weight excluding hydrogens is 335 g/mol. The maximum absolute atomic E-state index is 13.4. The topological polar surface area (TPSA) is 55.4 Å². The van der Waals surface area contributed by atoms with Gasteiger partial charge in [0, 0.05) is 18.0 Å². The number of nitrogens with one attached hydrogen (secondary N) is 1. The number of hydrogen-bond acceptors (Lipinski definition) is 3. The molecule has 0 radical (unpaired) electrons. The summed E-state index contributed by atoms with van der Waals surface area (Å²) in [5.41, 5.74) is -0.653. The number of amides is 1. The van der Waals surface area contributed by atoms with Gasteiger partial charge < -0.3 is 10.1 Å². The van der Waals surface area contributed by atoms with Gasteiger partial charge in [-0.3, -0.25) is 4.79 Å². The van der Waals surface area contributed by atoms with Crippen molar-refractivity contribution in [1.29, 1.82) is 0 Å². The molecule has 2 rings (SSSR count). The quantitative estimate of drug-likeness (QED) is 0.833. The van der Waals surface area contributed by atoms with Crippen molar-refractivity contribution in [3.05, 3.63) is 46.7 Å². The second-order valence-corrected chi connectivity index (χ2v) is 6.05. The van der Waals surface area contributed by atoms with Crippen molar-refractivity contribution in [3.63, 3.8) is 0 Å². The molecule has 0 aliphatic carbocycles. The molecular formula is C18H20F3NO3. The van der Waals surface area contributed by atoms with Gasteiger partial charge >= 0.3 is 12.1 Å². The monoisotopic (exact) mass is 355 g/mol. The van der Waals surface area contributed by atoms with Crippen LogP contribution >= 0.6 is 0 Å². The number of carbonyl (C=O) groups excluding carboxylic acids is 2. The molecule has 136 valence electrons. The fraction of sp³-hybridized carbons (Fsp3) is 0.444. The minimum atomic E-state index is -4.58. The van der Waals surface area contributed by atoms with Crippen LogP contribution in [0.4, 0.5) is 13.2 Å². The fourth-order valence-corrected chi connectivity index (χ4v) is 2.83. The predicted molar refractivity (Wildman–Crippen MR) is 85.5 cm³/mol. The first-order valence-corrected chi connectivity index (χ1v) is 8.02. The second-order valence-electron chi connectivity index (χ2n) is 6.05. The van der Waals surface area contributed by atoms with Crippen LogP contribution in [0, 0.1) is 0 Å². The fourth-order valence-electron chi connectivity index (χ4n) is 2.83. The molecule has 4 nitrogen and oxygen atoms in total. The number of hydrogen-bond donors (Lipinski definition) is 1. The van der Waals surface area contributed by atoms with E-state index in [2.05, 4.69) is 5.32 Å². The molecule has 1 heterocycles. The van der Waals surface area contributed by atoms with Crippen LogP contribution < -0.4 is 5.32 Å². The molecule has 0 spiro atoms. The van der Waals surface area contributed by atoms with E-state index in [0.29, 0.717) is 6.42 Å². The van der Waals surface area contributed by atoms with Gasteiger partial charge in [-0.15, -0.1) is 0 Å². The summed E-state index contributed by atoms with van der Waals surface area (Å²) in [4.78, 5) is 24.4. The molecule has 0 aromatic heterocycles. The van der Waals surface area contributed by atoms with Crippen LogP contribution in [-0.2, 0) is 20.5 Å². The van der Waals surface area contributed by atoms with E-state index < -0.39 is 29.5 Å². The molecule has 1 aliphatic heterocycles. The van der Waals surface area contributed by atoms with Crippen molar-refractivity contribution >= 4 is 11.9 Å². The smallest absolute Gasteiger partial charge is 0.416 e. The highest BCUT2D eigenvalue weighted by Crippen LogP contribution is 2.41. The zero-order valence-corrected chi connectivity index (χ0v) is 14.2. The van der Waals surface area contributed by atoms with E-state index in [0.717, 1.165) is 6.07 Å². The highest BCUT2D eigenvalue weighted by Gasteiger charge is 2.40. The number of halogens is 3. The maximum Gasteiger partial charge on any atom is 0.416 e. The van der Waals surface area contributed by atoms with Crippen molar-refractivity contribution < 1.29 is 27.5 Å². The first-order valence-electron chi connectivity index (χ1n) is 8.02. The summed E-state index contributed by atoms with van der Waals surface area (Å²) >= 11 is 0. The van der Waals surface area contributed by atoms with Crippen molar-refractivity contribution in [1.82, 2.24) is 5.32 Å². The van der Waals surface area contributed by atoms with E-state index >= 15 is 0 Å². The third kappa shape index (κ3) is 4.21. The molecule has 0 unspecified atom stereocenters. The number of alkyl halides is 3. The summed E-state index contributed by atoms with van der Waals surface area (Å²) in [6.07, 6.45) is -4.61. The van der Waals surface area contributed by atoms with Crippen LogP contribution in [0.2, 0.25) is 0 Å². The van der Waals surface area contributed by atoms with Crippen molar-refractivity contribution in [2.24, 2.45) is 0 Å². The Labute approximate surface area is 144 Å². The van der Waals surface area contributed by atoms with E-state index in [9.17, 15) is 22.8 Å². The SMILES string of the molecule is CC[C@@H](C)OC(=O)C1=C(C)NC(=O)C[C@@H]1c1ccccc1C(F)(F)F. The number of esters is 1. The van der Waals surface area contributed by atoms with Crippen molar-refractivity contribution in [2.45, 2.75) is 51.8 Å². The lowest BCUT2D eigenvalue weighted by Crippen LogP contribution is -2.35. The first kappa shape index (κ1) is 19.0. The molecule has 1 N–H and O–H groups in total. The molecule has 7 heteroatoms. The Morgan fingerprint density at radius 2 is 2.00 bits per heavy atom. The summed E-state index contributed by atoms with van der Waals surface area (Å²) in [7, 11) is 0. The summed E-state index contributed by atoms with van der Waals surface area (Å²) in [5.74, 6) is -2.13. The minimum Gasteiger partial charge on any atom is -0.459 e. The van der Waals surface area contributed by atoms with Crippen molar-refractivity contribution in [2.75, 3.05) is 0 Å². The third-order valence-corrected chi connectivity index (χ3v) is 4.21. The van der Waals surface area contributed by atoms with E-state index in [-0.39, 0.29) is 29.4 Å². The largest absolute Gasteiger partial charge is 0.459 e. The Kier molecular flexibility index (Phi) is 5.55. The molecule has 1 amide bonds. The molecule has 0 fully saturated rings. The Bertz CT molecular complexity index is 710. The second kappa shape index (κ2) is 7.29. The lowest BCUT2D eigenvalue weighted by molar-refractivity contribution is -0.145. The minimum absolute atomic E-state index is 0.0663. The van der Waals surface area contributed by atoms with Gasteiger partial charge in [0.25, 0.3) is 0 Å². The maximum atomic E-state index is 13.4. The number of benzene rings is 1. The molecule has 25 heavy (non-hydrogen) atoms. The average Bonchev–Trinajstić information content (AvgIpc) is 2.52. The molecule has 2 atom stereocenters. The Balaban J connectivity index is 2.53. The third-order valence-electron chi connectivity index (χ3n) is 4.21. The van der Waals surface area contributed by atoms with Gasteiger partial charge in [-0.2, -0.15) is 13.2 Å². The molecule has 0 saturated heterocycles. The van der Waals surface area contributed by atoms with E-state index in [1.54, 1.807) is 6.92 Å². The first-order chi connectivity index (χ1) is 11.6. The van der Waals surface area contributed by atoms with Gasteiger partial charge in [0.1, 0.15) is 0 Å². The van der Waals surface area contributed by atoms with Gasteiger partial charge in [0.05, 0.1) is 17.2 Å². The number of carbonyl (C=O) groups is 2. The zero-order valence-electron chi connectivity index (χ0n) is 14.2. The summed E-state index contributed by atoms with van der Waals surface area (Å²) in [5, 5.41) is 2.52. The molecule has 1 aromatic carbocycles. The average molecular weight is 355 g/mol. The summed E-state index contributed by atoms with van der Waals surface area (Å²) in [6, 6.07) is 5.00.